The van der Waals surface area contributed by atoms with Gasteiger partial charge < -0.3 is 5.11 Å². The van der Waals surface area contributed by atoms with Gasteiger partial charge in [0, 0.05) is 23.3 Å². The summed E-state index contributed by atoms with van der Waals surface area (Å²) in [6.07, 6.45) is 1.35. The second-order valence-corrected chi connectivity index (χ2v) is 4.41. The van der Waals surface area contributed by atoms with E-state index in [2.05, 4.69) is 21.0 Å². The van der Waals surface area contributed by atoms with E-state index in [1.807, 2.05) is 0 Å². The van der Waals surface area contributed by atoms with Gasteiger partial charge in [0.05, 0.1) is 0 Å². The predicted octanol–water partition coefficient (Wildman–Crippen LogP) is 2.69. The van der Waals surface area contributed by atoms with Crippen LogP contribution in [0.15, 0.2) is 28.9 Å². The molecule has 1 aromatic heterocycles. The molecular formula is C11H8BrFN2O2. The van der Waals surface area contributed by atoms with Gasteiger partial charge in [0.1, 0.15) is 17.1 Å². The minimum absolute atomic E-state index is 0.0236. The zero-order chi connectivity index (χ0) is 12.6. The molecule has 1 aromatic carbocycles. The Morgan fingerprint density at radius 2 is 2.24 bits per heavy atom. The summed E-state index contributed by atoms with van der Waals surface area (Å²) in [5, 5.41) is 13.0. The highest BCUT2D eigenvalue weighted by molar-refractivity contribution is 9.10. The number of carbonyl (C=O) groups is 1. The summed E-state index contributed by atoms with van der Waals surface area (Å²) in [5.74, 6) is -1.64. The first-order valence-corrected chi connectivity index (χ1v) is 5.50. The number of benzene rings is 1. The molecule has 0 fully saturated rings. The van der Waals surface area contributed by atoms with Crippen molar-refractivity contribution in [2.75, 3.05) is 0 Å². The Balaban J connectivity index is 2.67. The second-order valence-electron chi connectivity index (χ2n) is 3.49. The number of carboxylic acids is 1. The summed E-state index contributed by atoms with van der Waals surface area (Å²) in [6.45, 7) is 0. The van der Waals surface area contributed by atoms with E-state index in [0.717, 1.165) is 0 Å². The lowest BCUT2D eigenvalue weighted by Crippen LogP contribution is -1.98. The Morgan fingerprint density at radius 3 is 2.88 bits per heavy atom. The lowest BCUT2D eigenvalue weighted by Gasteiger charge is -2.01. The summed E-state index contributed by atoms with van der Waals surface area (Å²) in [7, 11) is 1.59. The Labute approximate surface area is 105 Å². The quantitative estimate of drug-likeness (QED) is 0.927. The molecule has 0 aliphatic carbocycles. The minimum Gasteiger partial charge on any atom is -0.478 e. The fraction of sp³-hybridized carbons (Fsp3) is 0.0909. The number of halogens is 2. The number of nitrogens with zero attached hydrogens (tertiary/aromatic N) is 2. The monoisotopic (exact) mass is 298 g/mol. The fourth-order valence-electron chi connectivity index (χ4n) is 1.52. The summed E-state index contributed by atoms with van der Waals surface area (Å²) >= 11 is 3.21. The van der Waals surface area contributed by atoms with Crippen molar-refractivity contribution in [3.63, 3.8) is 0 Å². The van der Waals surface area contributed by atoms with E-state index in [1.165, 1.54) is 23.0 Å². The summed E-state index contributed by atoms with van der Waals surface area (Å²) in [6, 6.07) is 4.31. The molecule has 0 unspecified atom stereocenters. The Hall–Kier alpha value is -1.69. The smallest absolute Gasteiger partial charge is 0.339 e. The van der Waals surface area contributed by atoms with Crippen LogP contribution in [-0.2, 0) is 7.05 Å². The topological polar surface area (TPSA) is 55.1 Å². The number of hydrogen-bond acceptors (Lipinski definition) is 2. The molecule has 0 atom stereocenters. The molecule has 0 aliphatic heterocycles. The molecule has 0 spiro atoms. The van der Waals surface area contributed by atoms with Crippen molar-refractivity contribution in [2.24, 2.45) is 7.05 Å². The van der Waals surface area contributed by atoms with Crippen LogP contribution in [0.25, 0.3) is 11.3 Å². The van der Waals surface area contributed by atoms with Crippen LogP contribution in [0, 0.1) is 5.82 Å². The Bertz CT molecular complexity index is 595. The van der Waals surface area contributed by atoms with Gasteiger partial charge in [0.25, 0.3) is 0 Å². The normalized spacial score (nSPS) is 10.5. The lowest BCUT2D eigenvalue weighted by molar-refractivity contribution is 0.0697. The average Bonchev–Trinajstić information content (AvgIpc) is 2.64. The number of aromatic nitrogens is 2. The molecule has 2 aromatic rings. The van der Waals surface area contributed by atoms with Gasteiger partial charge in [-0.05, 0) is 18.2 Å². The van der Waals surface area contributed by atoms with Crippen LogP contribution in [0.1, 0.15) is 10.4 Å². The third-order valence-electron chi connectivity index (χ3n) is 2.24. The SMILES string of the molecule is Cn1cc(C(=O)O)c(-c2cc(Br)ccc2F)n1. The van der Waals surface area contributed by atoms with Gasteiger partial charge in [-0.25, -0.2) is 9.18 Å². The number of rotatable bonds is 2. The van der Waals surface area contributed by atoms with Crippen LogP contribution < -0.4 is 0 Å². The van der Waals surface area contributed by atoms with Crippen LogP contribution >= 0.6 is 15.9 Å². The maximum atomic E-state index is 13.6. The molecule has 0 radical (unpaired) electrons. The highest BCUT2D eigenvalue weighted by Gasteiger charge is 2.19. The molecule has 0 aliphatic rings. The molecule has 2 rings (SSSR count). The third-order valence-corrected chi connectivity index (χ3v) is 2.74. The van der Waals surface area contributed by atoms with Crippen LogP contribution in [-0.4, -0.2) is 20.9 Å². The third kappa shape index (κ3) is 2.21. The molecule has 0 amide bonds. The van der Waals surface area contributed by atoms with Gasteiger partial charge in [-0.2, -0.15) is 5.10 Å². The van der Waals surface area contributed by atoms with E-state index < -0.39 is 11.8 Å². The van der Waals surface area contributed by atoms with Gasteiger partial charge in [-0.1, -0.05) is 15.9 Å². The molecule has 0 saturated carbocycles. The van der Waals surface area contributed by atoms with Crippen molar-refractivity contribution >= 4 is 21.9 Å². The van der Waals surface area contributed by atoms with Crippen molar-refractivity contribution in [3.05, 3.63) is 40.2 Å². The van der Waals surface area contributed by atoms with Crippen molar-refractivity contribution in [1.29, 1.82) is 0 Å². The fourth-order valence-corrected chi connectivity index (χ4v) is 1.88. The number of aryl methyl sites for hydroxylation is 1. The van der Waals surface area contributed by atoms with Gasteiger partial charge in [0.15, 0.2) is 0 Å². The standard InChI is InChI=1S/C11H8BrFN2O2/c1-15-5-8(11(16)17)10(14-15)7-4-6(12)2-3-9(7)13/h2-5H,1H3,(H,16,17). The van der Waals surface area contributed by atoms with E-state index in [0.29, 0.717) is 4.47 Å². The Kier molecular flexibility index (Phi) is 2.97. The molecular weight excluding hydrogens is 291 g/mol. The van der Waals surface area contributed by atoms with E-state index in [1.54, 1.807) is 13.1 Å². The summed E-state index contributed by atoms with van der Waals surface area (Å²) < 4.78 is 15.7. The first kappa shape index (κ1) is 11.8. The van der Waals surface area contributed by atoms with E-state index in [-0.39, 0.29) is 16.8 Å². The van der Waals surface area contributed by atoms with Gasteiger partial charge in [0.2, 0.25) is 0 Å². The van der Waals surface area contributed by atoms with Crippen LogP contribution in [0.2, 0.25) is 0 Å². The average molecular weight is 299 g/mol. The number of carboxylic acid groups (broad SMARTS) is 1. The molecule has 0 saturated heterocycles. The van der Waals surface area contributed by atoms with E-state index >= 15 is 0 Å². The molecule has 17 heavy (non-hydrogen) atoms. The molecule has 0 bridgehead atoms. The highest BCUT2D eigenvalue weighted by Crippen LogP contribution is 2.27. The van der Waals surface area contributed by atoms with Crippen LogP contribution in [0.5, 0.6) is 0 Å². The predicted molar refractivity (Wildman–Crippen MR) is 63.3 cm³/mol. The van der Waals surface area contributed by atoms with Crippen LogP contribution in [0.3, 0.4) is 0 Å². The van der Waals surface area contributed by atoms with Crippen molar-refractivity contribution in [1.82, 2.24) is 9.78 Å². The molecule has 4 nitrogen and oxygen atoms in total. The Morgan fingerprint density at radius 1 is 1.53 bits per heavy atom. The second kappa shape index (κ2) is 4.29. The minimum atomic E-state index is -1.13. The molecule has 88 valence electrons. The van der Waals surface area contributed by atoms with Gasteiger partial charge in [-0.3, -0.25) is 4.68 Å². The maximum Gasteiger partial charge on any atom is 0.339 e. The van der Waals surface area contributed by atoms with Gasteiger partial charge in [-0.15, -0.1) is 0 Å². The van der Waals surface area contributed by atoms with Crippen molar-refractivity contribution in [3.8, 4) is 11.3 Å². The van der Waals surface area contributed by atoms with Crippen molar-refractivity contribution < 1.29 is 14.3 Å². The zero-order valence-corrected chi connectivity index (χ0v) is 10.4. The lowest BCUT2D eigenvalue weighted by atomic mass is 10.1. The molecule has 1 heterocycles. The summed E-state index contributed by atoms with van der Waals surface area (Å²) in [5.41, 5.74) is 0.265. The summed E-state index contributed by atoms with van der Waals surface area (Å²) in [4.78, 5) is 11.0. The first-order chi connectivity index (χ1) is 7.99. The number of aromatic carboxylic acids is 1. The van der Waals surface area contributed by atoms with Crippen LogP contribution in [0.4, 0.5) is 4.39 Å². The van der Waals surface area contributed by atoms with Crippen molar-refractivity contribution in [2.45, 2.75) is 0 Å². The van der Waals surface area contributed by atoms with E-state index in [9.17, 15) is 9.18 Å². The zero-order valence-electron chi connectivity index (χ0n) is 8.82. The first-order valence-electron chi connectivity index (χ1n) is 4.71. The largest absolute Gasteiger partial charge is 0.478 e. The number of hydrogen-bond donors (Lipinski definition) is 1. The molecule has 1 N–H and O–H groups in total. The van der Waals surface area contributed by atoms with Gasteiger partial charge >= 0.3 is 5.97 Å². The highest BCUT2D eigenvalue weighted by atomic mass is 79.9. The van der Waals surface area contributed by atoms with E-state index in [4.69, 9.17) is 5.11 Å². The molecule has 6 heteroatoms. The maximum absolute atomic E-state index is 13.6.